The first kappa shape index (κ1) is 15.2. The summed E-state index contributed by atoms with van der Waals surface area (Å²) in [6, 6.07) is 3.63. The van der Waals surface area contributed by atoms with E-state index >= 15 is 0 Å². The number of esters is 1. The van der Waals surface area contributed by atoms with Crippen molar-refractivity contribution in [1.82, 2.24) is 4.90 Å². The molecule has 0 aliphatic carbocycles. The van der Waals surface area contributed by atoms with Gasteiger partial charge in [0, 0.05) is 14.0 Å². The summed E-state index contributed by atoms with van der Waals surface area (Å²) >= 11 is 1.53. The maximum atomic E-state index is 12.5. The molecular formula is C15H19N2O4S+. The molecule has 1 aromatic heterocycles. The molecule has 2 amide bonds. The molecule has 0 radical (unpaired) electrons. The first-order valence-corrected chi connectivity index (χ1v) is 8.17. The Labute approximate surface area is 132 Å². The Hall–Kier alpha value is -1.73. The Morgan fingerprint density at radius 3 is 2.77 bits per heavy atom. The normalized spacial score (nSPS) is 34.1. The van der Waals surface area contributed by atoms with Crippen LogP contribution in [0.25, 0.3) is 0 Å². The summed E-state index contributed by atoms with van der Waals surface area (Å²) in [7, 11) is 1.49. The number of imide groups is 1. The molecule has 2 aliphatic rings. The molecule has 118 valence electrons. The predicted molar refractivity (Wildman–Crippen MR) is 78.8 cm³/mol. The van der Waals surface area contributed by atoms with Crippen molar-refractivity contribution < 1.29 is 24.4 Å². The lowest BCUT2D eigenvalue weighted by Gasteiger charge is -2.24. The number of nitrogens with two attached hydrogens (primary N) is 1. The van der Waals surface area contributed by atoms with Gasteiger partial charge in [-0.25, -0.2) is 4.79 Å². The van der Waals surface area contributed by atoms with Gasteiger partial charge in [-0.2, -0.15) is 0 Å². The highest BCUT2D eigenvalue weighted by Crippen LogP contribution is 2.44. The van der Waals surface area contributed by atoms with Crippen LogP contribution in [-0.2, 0) is 19.1 Å². The Kier molecular flexibility index (Phi) is 3.57. The number of carbonyl (C=O) groups excluding carboxylic acids is 3. The van der Waals surface area contributed by atoms with E-state index < -0.39 is 23.3 Å². The van der Waals surface area contributed by atoms with Crippen LogP contribution in [0.15, 0.2) is 17.5 Å². The summed E-state index contributed by atoms with van der Waals surface area (Å²) in [6.07, 6.45) is 0. The Morgan fingerprint density at radius 1 is 1.45 bits per heavy atom. The van der Waals surface area contributed by atoms with Gasteiger partial charge >= 0.3 is 5.97 Å². The van der Waals surface area contributed by atoms with Crippen molar-refractivity contribution >= 4 is 29.1 Å². The smallest absolute Gasteiger partial charge is 0.368 e. The number of fused-ring (bicyclic) bond motifs is 1. The average Bonchev–Trinajstić information content (AvgIpc) is 3.15. The van der Waals surface area contributed by atoms with Gasteiger partial charge in [0.25, 0.3) is 0 Å². The van der Waals surface area contributed by atoms with Crippen molar-refractivity contribution in [3.05, 3.63) is 22.4 Å². The van der Waals surface area contributed by atoms with Crippen LogP contribution in [0.3, 0.4) is 0 Å². The first-order valence-electron chi connectivity index (χ1n) is 7.30. The fourth-order valence-electron chi connectivity index (χ4n) is 3.63. The maximum Gasteiger partial charge on any atom is 0.368 e. The zero-order valence-electron chi connectivity index (χ0n) is 12.7. The van der Waals surface area contributed by atoms with Crippen molar-refractivity contribution in [2.75, 3.05) is 13.7 Å². The molecule has 0 aromatic carbocycles. The van der Waals surface area contributed by atoms with Crippen LogP contribution >= 0.6 is 11.3 Å². The molecule has 2 saturated heterocycles. The number of rotatable bonds is 3. The van der Waals surface area contributed by atoms with Crippen LogP contribution in [0, 0.1) is 11.8 Å². The summed E-state index contributed by atoms with van der Waals surface area (Å²) in [5.74, 6) is -2.11. The molecule has 2 fully saturated rings. The van der Waals surface area contributed by atoms with E-state index in [9.17, 15) is 14.4 Å². The molecular weight excluding hydrogens is 304 g/mol. The molecule has 3 rings (SSSR count). The van der Waals surface area contributed by atoms with Crippen molar-refractivity contribution in [3.8, 4) is 0 Å². The number of thiophene rings is 1. The van der Waals surface area contributed by atoms with Gasteiger partial charge in [0.15, 0.2) is 0 Å². The maximum absolute atomic E-state index is 12.5. The largest absolute Gasteiger partial charge is 0.461 e. The van der Waals surface area contributed by atoms with Gasteiger partial charge in [-0.3, -0.25) is 14.5 Å². The molecule has 2 aliphatic heterocycles. The zero-order valence-corrected chi connectivity index (χ0v) is 13.6. The van der Waals surface area contributed by atoms with Gasteiger partial charge in [-0.1, -0.05) is 6.07 Å². The SMILES string of the molecule is CCOC(=O)[C@]1(C)[NH2+][C@@H](c2cccs2)[C@H]2C(=O)N(C)C(=O)[C@H]21. The van der Waals surface area contributed by atoms with Gasteiger partial charge in [-0.05, 0) is 18.4 Å². The summed E-state index contributed by atoms with van der Waals surface area (Å²) in [4.78, 5) is 39.6. The molecule has 4 atom stereocenters. The minimum Gasteiger partial charge on any atom is -0.461 e. The highest BCUT2D eigenvalue weighted by Gasteiger charge is 2.70. The molecule has 1 aromatic rings. The minimum absolute atomic E-state index is 0.210. The summed E-state index contributed by atoms with van der Waals surface area (Å²) in [5, 5.41) is 3.78. The second-order valence-corrected chi connectivity index (χ2v) is 6.93. The molecule has 2 N–H and O–H groups in total. The Morgan fingerprint density at radius 2 is 2.18 bits per heavy atom. The average molecular weight is 323 g/mol. The topological polar surface area (TPSA) is 80.3 Å². The van der Waals surface area contributed by atoms with Crippen LogP contribution in [0.4, 0.5) is 0 Å². The van der Waals surface area contributed by atoms with Gasteiger partial charge in [-0.15, -0.1) is 11.3 Å². The number of carbonyl (C=O) groups is 3. The predicted octanol–water partition coefficient (Wildman–Crippen LogP) is -0.0810. The summed E-state index contributed by atoms with van der Waals surface area (Å²) in [5.41, 5.74) is -1.06. The highest BCUT2D eigenvalue weighted by molar-refractivity contribution is 7.10. The van der Waals surface area contributed by atoms with Gasteiger partial charge in [0.1, 0.15) is 17.9 Å². The molecule has 6 nitrogen and oxygen atoms in total. The van der Waals surface area contributed by atoms with E-state index in [1.807, 2.05) is 22.8 Å². The molecule has 0 unspecified atom stereocenters. The lowest BCUT2D eigenvalue weighted by Crippen LogP contribution is -2.97. The van der Waals surface area contributed by atoms with E-state index in [1.165, 1.54) is 18.4 Å². The standard InChI is InChI=1S/C15H18N2O4S/c1-4-21-14(20)15(2)10-9(12(18)17(3)13(10)19)11(16-15)8-6-5-7-22-8/h5-7,9-11,16H,4H2,1-3H3/p+1/t9-,10-,11-,15+/m0/s1. The number of amides is 2. The van der Waals surface area contributed by atoms with Gasteiger partial charge in [0.05, 0.1) is 11.5 Å². The lowest BCUT2D eigenvalue weighted by atomic mass is 9.81. The molecule has 7 heteroatoms. The third-order valence-electron chi connectivity index (χ3n) is 4.72. The van der Waals surface area contributed by atoms with Crippen molar-refractivity contribution in [3.63, 3.8) is 0 Å². The van der Waals surface area contributed by atoms with Gasteiger partial charge < -0.3 is 10.1 Å². The fourth-order valence-corrected chi connectivity index (χ4v) is 4.47. The molecule has 22 heavy (non-hydrogen) atoms. The van der Waals surface area contributed by atoms with Crippen LogP contribution < -0.4 is 5.32 Å². The highest BCUT2D eigenvalue weighted by atomic mass is 32.1. The third kappa shape index (κ3) is 1.92. The van der Waals surface area contributed by atoms with E-state index in [4.69, 9.17) is 4.74 Å². The van der Waals surface area contributed by atoms with Crippen LogP contribution in [0.5, 0.6) is 0 Å². The molecule has 0 bridgehead atoms. The number of hydrogen-bond acceptors (Lipinski definition) is 5. The van der Waals surface area contributed by atoms with Crippen LogP contribution in [-0.4, -0.2) is 41.9 Å². The monoisotopic (exact) mass is 323 g/mol. The van der Waals surface area contributed by atoms with Gasteiger partial charge in [0.2, 0.25) is 17.4 Å². The first-order chi connectivity index (χ1) is 10.4. The van der Waals surface area contributed by atoms with Crippen molar-refractivity contribution in [2.45, 2.75) is 25.4 Å². The lowest BCUT2D eigenvalue weighted by molar-refractivity contribution is -0.730. The molecule has 3 heterocycles. The van der Waals surface area contributed by atoms with Crippen molar-refractivity contribution in [1.29, 1.82) is 0 Å². The quantitative estimate of drug-likeness (QED) is 0.623. The van der Waals surface area contributed by atoms with Crippen LogP contribution in [0.2, 0.25) is 0 Å². The summed E-state index contributed by atoms with van der Waals surface area (Å²) in [6.45, 7) is 3.69. The van der Waals surface area contributed by atoms with E-state index in [0.29, 0.717) is 0 Å². The Bertz CT molecular complexity index is 629. The number of quaternary nitrogens is 1. The van der Waals surface area contributed by atoms with E-state index in [2.05, 4.69) is 0 Å². The van der Waals surface area contributed by atoms with Crippen molar-refractivity contribution in [2.24, 2.45) is 11.8 Å². The van der Waals surface area contributed by atoms with Crippen LogP contribution in [0.1, 0.15) is 24.8 Å². The number of hydrogen-bond donors (Lipinski definition) is 1. The number of ether oxygens (including phenoxy) is 1. The fraction of sp³-hybridized carbons (Fsp3) is 0.533. The third-order valence-corrected chi connectivity index (χ3v) is 5.69. The zero-order chi connectivity index (χ0) is 16.1. The second-order valence-electron chi connectivity index (χ2n) is 5.95. The van der Waals surface area contributed by atoms with E-state index in [0.717, 1.165) is 9.78 Å². The number of likely N-dealkylation sites (tertiary alicyclic amines) is 1. The second kappa shape index (κ2) is 5.17. The molecule has 0 saturated carbocycles. The minimum atomic E-state index is -1.06. The Balaban J connectivity index is 2.06. The van der Waals surface area contributed by atoms with E-state index in [1.54, 1.807) is 13.8 Å². The number of nitrogens with zero attached hydrogens (tertiary/aromatic N) is 1. The molecule has 0 spiro atoms. The van der Waals surface area contributed by atoms with E-state index in [-0.39, 0.29) is 24.5 Å². The summed E-state index contributed by atoms with van der Waals surface area (Å²) < 4.78 is 5.17.